The minimum atomic E-state index is 0.168. The number of nitrogens with one attached hydrogen (secondary N) is 1. The summed E-state index contributed by atoms with van der Waals surface area (Å²) in [5, 5.41) is 3.30. The highest BCUT2D eigenvalue weighted by atomic mass is 16.5. The van der Waals surface area contributed by atoms with Gasteiger partial charge in [0.25, 0.3) is 0 Å². The summed E-state index contributed by atoms with van der Waals surface area (Å²) < 4.78 is 10.6. The summed E-state index contributed by atoms with van der Waals surface area (Å²) in [7, 11) is 3.27. The molecule has 1 amide bonds. The Hall–Kier alpha value is -1.71. The minimum Gasteiger partial charge on any atom is -0.493 e. The molecule has 0 bridgehead atoms. The lowest BCUT2D eigenvalue weighted by Crippen LogP contribution is -2.35. The molecule has 1 aromatic carbocycles. The van der Waals surface area contributed by atoms with Crippen molar-refractivity contribution < 1.29 is 14.3 Å². The predicted molar refractivity (Wildman–Crippen MR) is 111 cm³/mol. The van der Waals surface area contributed by atoms with Gasteiger partial charge in [-0.05, 0) is 37.0 Å². The van der Waals surface area contributed by atoms with E-state index in [9.17, 15) is 4.79 Å². The molecule has 1 fully saturated rings. The van der Waals surface area contributed by atoms with Gasteiger partial charge in [0.1, 0.15) is 0 Å². The molecule has 4 heteroatoms. The van der Waals surface area contributed by atoms with Crippen molar-refractivity contribution in [2.75, 3.05) is 14.2 Å². The number of hydrogen-bond acceptors (Lipinski definition) is 3. The zero-order valence-corrected chi connectivity index (χ0v) is 17.2. The van der Waals surface area contributed by atoms with Crippen molar-refractivity contribution in [3.63, 3.8) is 0 Å². The van der Waals surface area contributed by atoms with Crippen LogP contribution in [0.4, 0.5) is 0 Å². The molecule has 4 nitrogen and oxygen atoms in total. The van der Waals surface area contributed by atoms with E-state index >= 15 is 0 Å². The average molecular weight is 376 g/mol. The van der Waals surface area contributed by atoms with Crippen LogP contribution in [0.25, 0.3) is 0 Å². The Morgan fingerprint density at radius 2 is 1.44 bits per heavy atom. The summed E-state index contributed by atoms with van der Waals surface area (Å²) in [6, 6.07) is 6.22. The van der Waals surface area contributed by atoms with E-state index in [-0.39, 0.29) is 5.91 Å². The van der Waals surface area contributed by atoms with Crippen molar-refractivity contribution in [2.45, 2.75) is 89.5 Å². The van der Waals surface area contributed by atoms with Crippen LogP contribution in [-0.2, 0) is 11.2 Å². The van der Waals surface area contributed by atoms with Crippen molar-refractivity contribution in [2.24, 2.45) is 0 Å². The van der Waals surface area contributed by atoms with Gasteiger partial charge in [-0.3, -0.25) is 4.79 Å². The number of methoxy groups -OCH3 is 2. The van der Waals surface area contributed by atoms with Gasteiger partial charge in [-0.2, -0.15) is 0 Å². The van der Waals surface area contributed by atoms with Crippen molar-refractivity contribution in [3.05, 3.63) is 23.8 Å². The maximum atomic E-state index is 12.5. The maximum Gasteiger partial charge on any atom is 0.220 e. The zero-order chi connectivity index (χ0) is 19.3. The summed E-state index contributed by atoms with van der Waals surface area (Å²) in [5.74, 6) is 1.61. The fourth-order valence-electron chi connectivity index (χ4n) is 3.90. The molecule has 0 heterocycles. The van der Waals surface area contributed by atoms with Crippen LogP contribution in [0.3, 0.4) is 0 Å². The monoisotopic (exact) mass is 375 g/mol. The van der Waals surface area contributed by atoms with Crippen LogP contribution in [0.1, 0.15) is 82.6 Å². The van der Waals surface area contributed by atoms with Crippen LogP contribution in [0.15, 0.2) is 18.2 Å². The van der Waals surface area contributed by atoms with Crippen LogP contribution in [0.2, 0.25) is 0 Å². The SMILES string of the molecule is COc1ccc(CCC(=O)NC2CCCCCCCCCCC2)cc1OC. The smallest absolute Gasteiger partial charge is 0.220 e. The van der Waals surface area contributed by atoms with E-state index in [0.29, 0.717) is 12.5 Å². The summed E-state index contributed by atoms with van der Waals surface area (Å²) in [5.41, 5.74) is 1.10. The molecule has 0 aromatic heterocycles. The van der Waals surface area contributed by atoms with Crippen LogP contribution in [0, 0.1) is 0 Å². The fraction of sp³-hybridized carbons (Fsp3) is 0.696. The molecule has 0 atom stereocenters. The molecule has 0 saturated heterocycles. The van der Waals surface area contributed by atoms with Gasteiger partial charge in [0.05, 0.1) is 14.2 Å². The molecule has 0 aliphatic heterocycles. The number of benzene rings is 1. The Morgan fingerprint density at radius 1 is 0.889 bits per heavy atom. The summed E-state index contributed by atoms with van der Waals surface area (Å²) in [6.45, 7) is 0. The topological polar surface area (TPSA) is 47.6 Å². The van der Waals surface area contributed by atoms with Crippen LogP contribution < -0.4 is 14.8 Å². The third-order valence-corrected chi connectivity index (χ3v) is 5.56. The van der Waals surface area contributed by atoms with E-state index in [4.69, 9.17) is 9.47 Å². The second kappa shape index (κ2) is 12.6. The summed E-state index contributed by atoms with van der Waals surface area (Å²) in [6.07, 6.45) is 15.4. The Balaban J connectivity index is 1.80. The third-order valence-electron chi connectivity index (χ3n) is 5.56. The molecular formula is C23H37NO3. The number of aryl methyl sites for hydroxylation is 1. The van der Waals surface area contributed by atoms with E-state index in [1.165, 1.54) is 57.8 Å². The average Bonchev–Trinajstić information content (AvgIpc) is 2.68. The standard InChI is InChI=1S/C23H37NO3/c1-26-21-16-14-19(18-22(21)27-2)15-17-23(25)24-20-12-10-8-6-4-3-5-7-9-11-13-20/h14,16,18,20H,3-13,15,17H2,1-2H3,(H,24,25). The van der Waals surface area contributed by atoms with E-state index in [2.05, 4.69) is 5.32 Å². The molecule has 0 radical (unpaired) electrons. The predicted octanol–water partition coefficient (Wildman–Crippen LogP) is 5.43. The van der Waals surface area contributed by atoms with Crippen LogP contribution >= 0.6 is 0 Å². The molecule has 1 saturated carbocycles. The molecule has 0 spiro atoms. The molecule has 152 valence electrons. The zero-order valence-electron chi connectivity index (χ0n) is 17.2. The van der Waals surface area contributed by atoms with Gasteiger partial charge in [-0.15, -0.1) is 0 Å². The first-order valence-electron chi connectivity index (χ1n) is 10.7. The van der Waals surface area contributed by atoms with Crippen LogP contribution in [0.5, 0.6) is 11.5 Å². The van der Waals surface area contributed by atoms with Crippen molar-refractivity contribution >= 4 is 5.91 Å². The van der Waals surface area contributed by atoms with E-state index in [0.717, 1.165) is 36.3 Å². The maximum absolute atomic E-state index is 12.5. The number of carbonyl (C=O) groups excluding carboxylic acids is 1. The van der Waals surface area contributed by atoms with Crippen molar-refractivity contribution in [1.82, 2.24) is 5.32 Å². The van der Waals surface area contributed by atoms with Gasteiger partial charge in [-0.25, -0.2) is 0 Å². The lowest BCUT2D eigenvalue weighted by molar-refractivity contribution is -0.121. The highest BCUT2D eigenvalue weighted by Gasteiger charge is 2.13. The number of carbonyl (C=O) groups is 1. The second-order valence-corrected chi connectivity index (χ2v) is 7.71. The minimum absolute atomic E-state index is 0.168. The molecular weight excluding hydrogens is 338 g/mol. The quantitative estimate of drug-likeness (QED) is 0.721. The number of ether oxygens (including phenoxy) is 2. The van der Waals surface area contributed by atoms with Gasteiger partial charge in [0, 0.05) is 12.5 Å². The van der Waals surface area contributed by atoms with Crippen molar-refractivity contribution in [3.8, 4) is 11.5 Å². The first-order valence-corrected chi connectivity index (χ1v) is 10.7. The number of amides is 1. The molecule has 1 N–H and O–H groups in total. The van der Waals surface area contributed by atoms with E-state index in [1.807, 2.05) is 18.2 Å². The Labute approximate surface area is 165 Å². The van der Waals surface area contributed by atoms with Gasteiger partial charge in [0.2, 0.25) is 5.91 Å². The van der Waals surface area contributed by atoms with E-state index in [1.54, 1.807) is 14.2 Å². The lowest BCUT2D eigenvalue weighted by atomic mass is 9.97. The van der Waals surface area contributed by atoms with Crippen LogP contribution in [-0.4, -0.2) is 26.2 Å². The number of rotatable bonds is 6. The highest BCUT2D eigenvalue weighted by molar-refractivity contribution is 5.76. The molecule has 27 heavy (non-hydrogen) atoms. The van der Waals surface area contributed by atoms with Gasteiger partial charge in [-0.1, -0.05) is 63.9 Å². The first-order chi connectivity index (χ1) is 13.2. The normalized spacial score (nSPS) is 17.4. The van der Waals surface area contributed by atoms with Crippen molar-refractivity contribution in [1.29, 1.82) is 0 Å². The van der Waals surface area contributed by atoms with Gasteiger partial charge in [0.15, 0.2) is 11.5 Å². The molecule has 0 unspecified atom stereocenters. The van der Waals surface area contributed by atoms with Gasteiger partial charge < -0.3 is 14.8 Å². The Morgan fingerprint density at radius 3 is 2.00 bits per heavy atom. The summed E-state index contributed by atoms with van der Waals surface area (Å²) in [4.78, 5) is 12.5. The largest absolute Gasteiger partial charge is 0.493 e. The lowest BCUT2D eigenvalue weighted by Gasteiger charge is -2.19. The number of hydrogen-bond donors (Lipinski definition) is 1. The summed E-state index contributed by atoms with van der Waals surface area (Å²) >= 11 is 0. The Kier molecular flexibility index (Phi) is 10.1. The molecule has 1 aromatic rings. The first kappa shape index (κ1) is 21.6. The highest BCUT2D eigenvalue weighted by Crippen LogP contribution is 2.28. The second-order valence-electron chi connectivity index (χ2n) is 7.71. The van der Waals surface area contributed by atoms with E-state index < -0.39 is 0 Å². The molecule has 2 rings (SSSR count). The molecule has 1 aliphatic rings. The fourth-order valence-corrected chi connectivity index (χ4v) is 3.90. The third kappa shape index (κ3) is 8.23. The molecule has 1 aliphatic carbocycles. The van der Waals surface area contributed by atoms with Gasteiger partial charge >= 0.3 is 0 Å². The Bertz CT molecular complexity index is 547.